The summed E-state index contributed by atoms with van der Waals surface area (Å²) in [7, 11) is 0. The fraction of sp³-hybridized carbons (Fsp3) is 0.0588. The van der Waals surface area contributed by atoms with E-state index in [1.807, 2.05) is 0 Å². The molecule has 0 aliphatic rings. The number of benzene rings is 6. The molecule has 0 aliphatic heterocycles. The fourth-order valence-corrected chi connectivity index (χ4v) is 5.71. The molecule has 0 unspecified atom stereocenters. The zero-order valence-electron chi connectivity index (χ0n) is 19.7. The average molecular weight is 448 g/mol. The van der Waals surface area contributed by atoms with Gasteiger partial charge < -0.3 is 4.57 Å². The van der Waals surface area contributed by atoms with E-state index in [1.165, 1.54) is 66.0 Å². The first-order valence-electron chi connectivity index (χ1n) is 12.2. The second-order valence-electron chi connectivity index (χ2n) is 9.44. The van der Waals surface area contributed by atoms with Crippen molar-refractivity contribution in [1.82, 2.24) is 4.57 Å². The third-order valence-corrected chi connectivity index (χ3v) is 7.44. The van der Waals surface area contributed by atoms with Gasteiger partial charge in [-0.05, 0) is 62.0 Å². The molecule has 1 aromatic heterocycles. The van der Waals surface area contributed by atoms with Crippen LogP contribution in [-0.2, 0) is 6.54 Å². The van der Waals surface area contributed by atoms with E-state index in [9.17, 15) is 0 Å². The third kappa shape index (κ3) is 3.16. The summed E-state index contributed by atoms with van der Waals surface area (Å²) in [5, 5.41) is 7.98. The molecule has 0 atom stereocenters. The van der Waals surface area contributed by atoms with Crippen LogP contribution in [0.15, 0.2) is 121 Å². The minimum absolute atomic E-state index is 0.850. The van der Waals surface area contributed by atoms with Crippen molar-refractivity contribution in [3.8, 4) is 22.4 Å². The van der Waals surface area contributed by atoms with Gasteiger partial charge in [-0.3, -0.25) is 0 Å². The van der Waals surface area contributed by atoms with Crippen molar-refractivity contribution >= 4 is 32.3 Å². The number of rotatable bonds is 4. The highest BCUT2D eigenvalue weighted by atomic mass is 15.0. The molecule has 1 heteroatoms. The van der Waals surface area contributed by atoms with Crippen LogP contribution in [0, 0.1) is 6.92 Å². The van der Waals surface area contributed by atoms with Crippen molar-refractivity contribution in [2.75, 3.05) is 0 Å². The van der Waals surface area contributed by atoms with Gasteiger partial charge in [0.15, 0.2) is 0 Å². The smallest absolute Gasteiger partial charge is 0.0491 e. The molecule has 0 saturated heterocycles. The number of aromatic nitrogens is 1. The van der Waals surface area contributed by atoms with Crippen molar-refractivity contribution in [3.63, 3.8) is 0 Å². The Labute approximate surface area is 205 Å². The molecule has 1 nitrogen and oxygen atoms in total. The number of nitrogens with zero attached hydrogens (tertiary/aromatic N) is 1. The van der Waals surface area contributed by atoms with Gasteiger partial charge in [0, 0.05) is 23.5 Å². The number of hydrogen-bond donors (Lipinski definition) is 0. The highest BCUT2D eigenvalue weighted by Crippen LogP contribution is 2.41. The van der Waals surface area contributed by atoms with E-state index in [2.05, 4.69) is 133 Å². The van der Waals surface area contributed by atoms with Crippen molar-refractivity contribution < 1.29 is 0 Å². The Bertz CT molecular complexity index is 1790. The largest absolute Gasteiger partial charge is 0.340 e. The van der Waals surface area contributed by atoms with Crippen molar-refractivity contribution in [3.05, 3.63) is 133 Å². The van der Waals surface area contributed by atoms with Crippen LogP contribution in [0.4, 0.5) is 0 Å². The maximum atomic E-state index is 2.47. The first-order chi connectivity index (χ1) is 17.3. The van der Waals surface area contributed by atoms with E-state index < -0.39 is 0 Å². The molecule has 0 aliphatic carbocycles. The van der Waals surface area contributed by atoms with E-state index in [0.29, 0.717) is 0 Å². The second-order valence-corrected chi connectivity index (χ2v) is 9.44. The normalized spacial score (nSPS) is 11.7. The second kappa shape index (κ2) is 7.85. The van der Waals surface area contributed by atoms with Gasteiger partial charge >= 0.3 is 0 Å². The van der Waals surface area contributed by atoms with E-state index in [1.54, 1.807) is 0 Å². The quantitative estimate of drug-likeness (QED) is 0.237. The van der Waals surface area contributed by atoms with Crippen LogP contribution in [0.25, 0.3) is 54.7 Å². The predicted molar refractivity (Wildman–Crippen MR) is 149 cm³/mol. The average Bonchev–Trinajstić information content (AvgIpc) is 3.24. The first kappa shape index (κ1) is 20.1. The molecule has 7 aromatic rings. The fourth-order valence-electron chi connectivity index (χ4n) is 5.71. The standard InChI is InChI=1S/C34H25N/c1-23-31(21-32(25-11-6-3-7-12-25)35(23)22-24-9-4-2-5-10-24)29-19-17-28-16-15-26-13-8-14-27-18-20-30(29)34(28)33(26)27/h2-21H,22H2,1H3. The predicted octanol–water partition coefficient (Wildman–Crippen LogP) is 9.08. The topological polar surface area (TPSA) is 4.93 Å². The van der Waals surface area contributed by atoms with E-state index >= 15 is 0 Å². The van der Waals surface area contributed by atoms with Gasteiger partial charge in [-0.15, -0.1) is 0 Å². The van der Waals surface area contributed by atoms with Crippen molar-refractivity contribution in [2.24, 2.45) is 0 Å². The van der Waals surface area contributed by atoms with Crippen LogP contribution in [0.2, 0.25) is 0 Å². The van der Waals surface area contributed by atoms with Crippen LogP contribution in [0.1, 0.15) is 11.3 Å². The molecular weight excluding hydrogens is 422 g/mol. The van der Waals surface area contributed by atoms with E-state index in [4.69, 9.17) is 0 Å². The van der Waals surface area contributed by atoms with Gasteiger partial charge in [-0.1, -0.05) is 115 Å². The van der Waals surface area contributed by atoms with Crippen LogP contribution in [0.3, 0.4) is 0 Å². The Balaban J connectivity index is 1.50. The first-order valence-corrected chi connectivity index (χ1v) is 12.2. The Hall–Kier alpha value is -4.36. The van der Waals surface area contributed by atoms with Gasteiger partial charge in [0.2, 0.25) is 0 Å². The van der Waals surface area contributed by atoms with E-state index in [-0.39, 0.29) is 0 Å². The summed E-state index contributed by atoms with van der Waals surface area (Å²) in [6.07, 6.45) is 0. The Kier molecular flexibility index (Phi) is 4.50. The monoisotopic (exact) mass is 447 g/mol. The molecule has 1 heterocycles. The molecule has 166 valence electrons. The molecule has 35 heavy (non-hydrogen) atoms. The highest BCUT2D eigenvalue weighted by molar-refractivity contribution is 6.25. The van der Waals surface area contributed by atoms with Crippen molar-refractivity contribution in [2.45, 2.75) is 13.5 Å². The molecule has 0 spiro atoms. The minimum Gasteiger partial charge on any atom is -0.340 e. The summed E-state index contributed by atoms with van der Waals surface area (Å²) in [5.41, 5.74) is 7.71. The van der Waals surface area contributed by atoms with Gasteiger partial charge in [-0.2, -0.15) is 0 Å². The van der Waals surface area contributed by atoms with Gasteiger partial charge in [0.1, 0.15) is 0 Å². The lowest BCUT2D eigenvalue weighted by Crippen LogP contribution is -2.04. The number of hydrogen-bond acceptors (Lipinski definition) is 0. The Morgan fingerprint density at radius 3 is 1.91 bits per heavy atom. The maximum Gasteiger partial charge on any atom is 0.0491 e. The zero-order chi connectivity index (χ0) is 23.4. The van der Waals surface area contributed by atoms with E-state index in [0.717, 1.165) is 6.54 Å². The summed E-state index contributed by atoms with van der Waals surface area (Å²) < 4.78 is 2.47. The minimum atomic E-state index is 0.850. The molecule has 0 N–H and O–H groups in total. The molecule has 0 fully saturated rings. The molecular formula is C34H25N. The van der Waals surface area contributed by atoms with Gasteiger partial charge in [0.25, 0.3) is 0 Å². The Morgan fingerprint density at radius 2 is 1.17 bits per heavy atom. The summed E-state index contributed by atoms with van der Waals surface area (Å²) in [5.74, 6) is 0. The molecule has 6 aromatic carbocycles. The van der Waals surface area contributed by atoms with Gasteiger partial charge in [0.05, 0.1) is 0 Å². The summed E-state index contributed by atoms with van der Waals surface area (Å²) in [6, 6.07) is 44.2. The van der Waals surface area contributed by atoms with Gasteiger partial charge in [-0.25, -0.2) is 0 Å². The van der Waals surface area contributed by atoms with Crippen LogP contribution in [0.5, 0.6) is 0 Å². The SMILES string of the molecule is Cc1c(-c2ccc3ccc4cccc5ccc2c3c45)cc(-c2ccccc2)n1Cc1ccccc1. The summed E-state index contributed by atoms with van der Waals surface area (Å²) >= 11 is 0. The highest BCUT2D eigenvalue weighted by Gasteiger charge is 2.18. The van der Waals surface area contributed by atoms with Crippen LogP contribution < -0.4 is 0 Å². The lowest BCUT2D eigenvalue weighted by Gasteiger charge is -2.15. The van der Waals surface area contributed by atoms with Crippen LogP contribution >= 0.6 is 0 Å². The maximum absolute atomic E-state index is 2.47. The molecule has 7 rings (SSSR count). The molecule has 0 saturated carbocycles. The molecule has 0 bridgehead atoms. The van der Waals surface area contributed by atoms with Crippen LogP contribution in [-0.4, -0.2) is 4.57 Å². The summed E-state index contributed by atoms with van der Waals surface area (Å²) in [4.78, 5) is 0. The lowest BCUT2D eigenvalue weighted by atomic mass is 9.90. The Morgan fingerprint density at radius 1 is 0.543 bits per heavy atom. The van der Waals surface area contributed by atoms with Crippen molar-refractivity contribution in [1.29, 1.82) is 0 Å². The lowest BCUT2D eigenvalue weighted by molar-refractivity contribution is 0.785. The molecule has 0 radical (unpaired) electrons. The zero-order valence-corrected chi connectivity index (χ0v) is 19.7. The summed E-state index contributed by atoms with van der Waals surface area (Å²) in [6.45, 7) is 3.12. The third-order valence-electron chi connectivity index (χ3n) is 7.44. The molecule has 0 amide bonds.